The van der Waals surface area contributed by atoms with E-state index >= 15 is 0 Å². The molecule has 0 aliphatic carbocycles. The molecule has 0 unspecified atom stereocenters. The van der Waals surface area contributed by atoms with Crippen molar-refractivity contribution in [2.45, 2.75) is 6.92 Å². The van der Waals surface area contributed by atoms with Gasteiger partial charge in [-0.1, -0.05) is 0 Å². The zero-order valence-electron chi connectivity index (χ0n) is 10.8. The molecule has 0 saturated carbocycles. The third kappa shape index (κ3) is 3.73. The van der Waals surface area contributed by atoms with Crippen LogP contribution in [0.2, 0.25) is 0 Å². The molecule has 0 bridgehead atoms. The minimum absolute atomic E-state index is 0.0401. The molecule has 6 heteroatoms. The average molecular weight is 251 g/mol. The SMILES string of the molecule is CCN(CC(=O)OC)C(=O)C=Cc1ccnn1C. The molecule has 1 aromatic heterocycles. The molecular formula is C12H17N3O3. The molecule has 0 aromatic carbocycles. The summed E-state index contributed by atoms with van der Waals surface area (Å²) in [4.78, 5) is 24.4. The van der Waals surface area contributed by atoms with Crippen LogP contribution in [0.25, 0.3) is 6.08 Å². The Morgan fingerprint density at radius 1 is 1.56 bits per heavy atom. The van der Waals surface area contributed by atoms with Crippen LogP contribution in [0.1, 0.15) is 12.6 Å². The summed E-state index contributed by atoms with van der Waals surface area (Å²) >= 11 is 0. The smallest absolute Gasteiger partial charge is 0.325 e. The van der Waals surface area contributed by atoms with Gasteiger partial charge in [-0.25, -0.2) is 0 Å². The lowest BCUT2D eigenvalue weighted by molar-refractivity contribution is -0.145. The molecule has 1 aromatic rings. The number of carbonyl (C=O) groups is 2. The van der Waals surface area contributed by atoms with E-state index in [-0.39, 0.29) is 12.5 Å². The third-order valence-corrected chi connectivity index (χ3v) is 2.50. The summed E-state index contributed by atoms with van der Waals surface area (Å²) in [7, 11) is 3.09. The van der Waals surface area contributed by atoms with Gasteiger partial charge >= 0.3 is 5.97 Å². The number of aromatic nitrogens is 2. The molecular weight excluding hydrogens is 234 g/mol. The van der Waals surface area contributed by atoms with Crippen molar-refractivity contribution in [2.24, 2.45) is 7.05 Å². The van der Waals surface area contributed by atoms with Gasteiger partial charge in [0.2, 0.25) is 5.91 Å². The second-order valence-corrected chi connectivity index (χ2v) is 3.64. The minimum Gasteiger partial charge on any atom is -0.468 e. The highest BCUT2D eigenvalue weighted by molar-refractivity contribution is 5.93. The Morgan fingerprint density at radius 3 is 2.78 bits per heavy atom. The summed E-state index contributed by atoms with van der Waals surface area (Å²) in [6.07, 6.45) is 4.73. The molecule has 6 nitrogen and oxygen atoms in total. The number of hydrogen-bond donors (Lipinski definition) is 0. The van der Waals surface area contributed by atoms with Crippen molar-refractivity contribution < 1.29 is 14.3 Å². The second-order valence-electron chi connectivity index (χ2n) is 3.64. The van der Waals surface area contributed by atoms with E-state index in [0.29, 0.717) is 6.54 Å². The number of likely N-dealkylation sites (N-methyl/N-ethyl adjacent to an activating group) is 1. The van der Waals surface area contributed by atoms with Gasteiger partial charge in [0.25, 0.3) is 0 Å². The average Bonchev–Trinajstić information content (AvgIpc) is 2.78. The van der Waals surface area contributed by atoms with Gasteiger partial charge < -0.3 is 9.64 Å². The number of amides is 1. The second kappa shape index (κ2) is 6.58. The molecule has 0 fully saturated rings. The highest BCUT2D eigenvalue weighted by Gasteiger charge is 2.13. The van der Waals surface area contributed by atoms with Gasteiger partial charge in [-0.15, -0.1) is 0 Å². The summed E-state index contributed by atoms with van der Waals surface area (Å²) < 4.78 is 6.18. The standard InChI is InChI=1S/C12H17N3O3/c1-4-15(9-12(17)18-3)11(16)6-5-10-7-8-13-14(10)2/h5-8H,4,9H2,1-3H3. The largest absolute Gasteiger partial charge is 0.468 e. The Bertz CT molecular complexity index is 451. The number of nitrogens with zero attached hydrogens (tertiary/aromatic N) is 3. The molecule has 0 saturated heterocycles. The van der Waals surface area contributed by atoms with Crippen molar-refractivity contribution in [3.8, 4) is 0 Å². The van der Waals surface area contributed by atoms with Crippen LogP contribution in [0.15, 0.2) is 18.3 Å². The van der Waals surface area contributed by atoms with Crippen LogP contribution in [0, 0.1) is 0 Å². The summed E-state index contributed by atoms with van der Waals surface area (Å²) in [5, 5.41) is 3.99. The van der Waals surface area contributed by atoms with Crippen molar-refractivity contribution in [3.05, 3.63) is 24.0 Å². The Labute approximate surface area is 106 Å². The fourth-order valence-electron chi connectivity index (χ4n) is 1.38. The molecule has 0 spiro atoms. The van der Waals surface area contributed by atoms with Crippen LogP contribution in [0.4, 0.5) is 0 Å². The van der Waals surface area contributed by atoms with Crippen LogP contribution in [-0.2, 0) is 21.4 Å². The van der Waals surface area contributed by atoms with Gasteiger partial charge in [0.1, 0.15) is 6.54 Å². The van der Waals surface area contributed by atoms with E-state index in [1.807, 2.05) is 0 Å². The molecule has 0 aliphatic heterocycles. The maximum absolute atomic E-state index is 11.8. The zero-order valence-corrected chi connectivity index (χ0v) is 10.8. The van der Waals surface area contributed by atoms with Gasteiger partial charge in [0.15, 0.2) is 0 Å². The number of rotatable bonds is 5. The van der Waals surface area contributed by atoms with Crippen LogP contribution in [0.3, 0.4) is 0 Å². The quantitative estimate of drug-likeness (QED) is 0.563. The molecule has 0 N–H and O–H groups in total. The van der Waals surface area contributed by atoms with Gasteiger partial charge in [-0.2, -0.15) is 5.10 Å². The highest BCUT2D eigenvalue weighted by Crippen LogP contribution is 2.01. The topological polar surface area (TPSA) is 64.4 Å². The van der Waals surface area contributed by atoms with Gasteiger partial charge in [-0.3, -0.25) is 14.3 Å². The Kier molecular flexibility index (Phi) is 5.10. The van der Waals surface area contributed by atoms with E-state index in [2.05, 4.69) is 9.84 Å². The lowest BCUT2D eigenvalue weighted by Gasteiger charge is -2.17. The molecule has 1 rings (SSSR count). The summed E-state index contributed by atoms with van der Waals surface area (Å²) in [6, 6.07) is 1.79. The van der Waals surface area contributed by atoms with E-state index in [9.17, 15) is 9.59 Å². The predicted octanol–water partition coefficient (Wildman–Crippen LogP) is 0.455. The van der Waals surface area contributed by atoms with Crippen molar-refractivity contribution in [1.82, 2.24) is 14.7 Å². The van der Waals surface area contributed by atoms with Gasteiger partial charge in [0.05, 0.1) is 12.8 Å². The fraction of sp³-hybridized carbons (Fsp3) is 0.417. The van der Waals surface area contributed by atoms with Crippen LogP contribution >= 0.6 is 0 Å². The molecule has 0 aliphatic rings. The monoisotopic (exact) mass is 251 g/mol. The van der Waals surface area contributed by atoms with E-state index < -0.39 is 5.97 Å². The third-order valence-electron chi connectivity index (χ3n) is 2.50. The van der Waals surface area contributed by atoms with E-state index in [0.717, 1.165) is 5.69 Å². The number of hydrogen-bond acceptors (Lipinski definition) is 4. The molecule has 98 valence electrons. The van der Waals surface area contributed by atoms with E-state index in [4.69, 9.17) is 0 Å². The number of carbonyl (C=O) groups excluding carboxylic acids is 2. The maximum atomic E-state index is 11.8. The van der Waals surface area contributed by atoms with Gasteiger partial charge in [0, 0.05) is 25.9 Å². The first-order valence-electron chi connectivity index (χ1n) is 5.60. The van der Waals surface area contributed by atoms with E-state index in [1.54, 1.807) is 37.0 Å². The predicted molar refractivity (Wildman–Crippen MR) is 66.5 cm³/mol. The van der Waals surface area contributed by atoms with Crippen LogP contribution in [-0.4, -0.2) is 46.8 Å². The van der Waals surface area contributed by atoms with E-state index in [1.165, 1.54) is 18.1 Å². The summed E-state index contributed by atoms with van der Waals surface area (Å²) in [6.45, 7) is 2.21. The summed E-state index contributed by atoms with van der Waals surface area (Å²) in [5.41, 5.74) is 0.817. The summed E-state index contributed by atoms with van der Waals surface area (Å²) in [5.74, 6) is -0.664. The molecule has 1 heterocycles. The van der Waals surface area contributed by atoms with Crippen molar-refractivity contribution >= 4 is 18.0 Å². The number of ether oxygens (including phenoxy) is 1. The number of esters is 1. The Balaban J connectivity index is 2.65. The number of methoxy groups -OCH3 is 1. The van der Waals surface area contributed by atoms with Crippen LogP contribution < -0.4 is 0 Å². The molecule has 18 heavy (non-hydrogen) atoms. The Hall–Kier alpha value is -2.11. The lowest BCUT2D eigenvalue weighted by atomic mass is 10.3. The molecule has 0 radical (unpaired) electrons. The lowest BCUT2D eigenvalue weighted by Crippen LogP contribution is -2.34. The number of aryl methyl sites for hydroxylation is 1. The zero-order chi connectivity index (χ0) is 13.5. The van der Waals surface area contributed by atoms with Crippen molar-refractivity contribution in [3.63, 3.8) is 0 Å². The molecule has 1 amide bonds. The fourth-order valence-corrected chi connectivity index (χ4v) is 1.38. The highest BCUT2D eigenvalue weighted by atomic mass is 16.5. The first-order chi connectivity index (χ1) is 8.58. The molecule has 0 atom stereocenters. The van der Waals surface area contributed by atoms with Crippen LogP contribution in [0.5, 0.6) is 0 Å². The van der Waals surface area contributed by atoms with Crippen molar-refractivity contribution in [1.29, 1.82) is 0 Å². The maximum Gasteiger partial charge on any atom is 0.325 e. The van der Waals surface area contributed by atoms with Crippen molar-refractivity contribution in [2.75, 3.05) is 20.2 Å². The first-order valence-corrected chi connectivity index (χ1v) is 5.60. The Morgan fingerprint density at radius 2 is 2.28 bits per heavy atom. The van der Waals surface area contributed by atoms with Gasteiger partial charge in [-0.05, 0) is 19.1 Å². The normalized spacial score (nSPS) is 10.6. The first kappa shape index (κ1) is 14.0. The minimum atomic E-state index is -0.431.